The van der Waals surface area contributed by atoms with Gasteiger partial charge in [0.15, 0.2) is 10.4 Å². The molecule has 0 saturated heterocycles. The van der Waals surface area contributed by atoms with Gasteiger partial charge in [-0.3, -0.25) is 4.79 Å². The predicted octanol–water partition coefficient (Wildman–Crippen LogP) is 4.04. The Morgan fingerprint density at radius 1 is 1.30 bits per heavy atom. The van der Waals surface area contributed by atoms with Crippen LogP contribution in [0.5, 0.6) is 5.75 Å². The van der Waals surface area contributed by atoms with E-state index in [2.05, 4.69) is 58.3 Å². The normalized spacial score (nSPS) is 10.9. The maximum atomic E-state index is 11.7. The molecule has 0 bridgehead atoms. The van der Waals surface area contributed by atoms with Crippen molar-refractivity contribution >= 4 is 59.9 Å². The molecule has 20 heavy (non-hydrogen) atoms. The van der Waals surface area contributed by atoms with Crippen LogP contribution in [-0.2, 0) is 0 Å². The summed E-state index contributed by atoms with van der Waals surface area (Å²) in [5.74, 6) is -0.323. The fourth-order valence-corrected chi connectivity index (χ4v) is 2.26. The minimum atomic E-state index is -0.498. The number of aromatic hydroxyl groups is 1. The molecule has 2 rings (SSSR count). The van der Waals surface area contributed by atoms with E-state index in [1.165, 1.54) is 18.3 Å². The highest BCUT2D eigenvalue weighted by Crippen LogP contribution is 2.26. The Morgan fingerprint density at radius 2 is 2.05 bits per heavy atom. The van der Waals surface area contributed by atoms with Crippen LogP contribution in [0.4, 0.5) is 0 Å². The number of nitrogens with one attached hydrogen (secondary N) is 1. The van der Waals surface area contributed by atoms with Gasteiger partial charge in [0.1, 0.15) is 5.75 Å². The van der Waals surface area contributed by atoms with Crippen molar-refractivity contribution in [2.45, 2.75) is 0 Å². The number of amides is 1. The molecule has 8 heteroatoms. The first-order valence-electron chi connectivity index (χ1n) is 5.24. The molecule has 0 aliphatic heterocycles. The highest BCUT2D eigenvalue weighted by atomic mass is 79.9. The summed E-state index contributed by atoms with van der Waals surface area (Å²) in [6, 6.07) is 6.41. The van der Waals surface area contributed by atoms with Crippen molar-refractivity contribution in [3.05, 3.63) is 49.2 Å². The second-order valence-corrected chi connectivity index (χ2v) is 6.12. The van der Waals surface area contributed by atoms with E-state index in [0.717, 1.165) is 4.47 Å². The van der Waals surface area contributed by atoms with E-state index in [9.17, 15) is 9.90 Å². The van der Waals surface area contributed by atoms with Crippen LogP contribution in [0.1, 0.15) is 16.1 Å². The topological polar surface area (TPSA) is 74.8 Å². The predicted molar refractivity (Wildman–Crippen MR) is 85.0 cm³/mol. The van der Waals surface area contributed by atoms with Gasteiger partial charge in [-0.1, -0.05) is 15.9 Å². The van der Waals surface area contributed by atoms with Crippen LogP contribution >= 0.6 is 47.8 Å². The summed E-state index contributed by atoms with van der Waals surface area (Å²) in [5, 5.41) is 13.4. The Kier molecular flexibility index (Phi) is 5.00. The lowest BCUT2D eigenvalue weighted by molar-refractivity contribution is 0.0926. The number of phenols is 1. The zero-order chi connectivity index (χ0) is 14.7. The maximum absolute atomic E-state index is 11.7. The summed E-state index contributed by atoms with van der Waals surface area (Å²) in [7, 11) is 0. The van der Waals surface area contributed by atoms with Crippen LogP contribution in [0.3, 0.4) is 0 Å². The van der Waals surface area contributed by atoms with Gasteiger partial charge in [-0.05, 0) is 50.1 Å². The molecule has 1 aromatic heterocycles. The molecule has 1 heterocycles. The van der Waals surface area contributed by atoms with Crippen molar-refractivity contribution in [2.75, 3.05) is 0 Å². The molecule has 0 unspecified atom stereocenters. The summed E-state index contributed by atoms with van der Waals surface area (Å²) in [6.45, 7) is 0. The quantitative estimate of drug-likeness (QED) is 0.529. The molecule has 0 spiro atoms. The smallest absolute Gasteiger partial charge is 0.307 e. The molecule has 104 valence electrons. The SMILES string of the molecule is O=C(N/N=C\c1cc(Br)ccc1O)c1cc(Br)c(Br)o1. The number of hydrazone groups is 1. The first kappa shape index (κ1) is 15.3. The third-order valence-electron chi connectivity index (χ3n) is 2.23. The maximum Gasteiger partial charge on any atom is 0.307 e. The summed E-state index contributed by atoms with van der Waals surface area (Å²) < 4.78 is 7.00. The van der Waals surface area contributed by atoms with Crippen LogP contribution < -0.4 is 5.43 Å². The van der Waals surface area contributed by atoms with E-state index >= 15 is 0 Å². The van der Waals surface area contributed by atoms with Crippen molar-refractivity contribution in [2.24, 2.45) is 5.10 Å². The molecule has 1 aromatic carbocycles. The van der Waals surface area contributed by atoms with Gasteiger partial charge < -0.3 is 9.52 Å². The number of halogens is 3. The Labute approximate surface area is 139 Å². The van der Waals surface area contributed by atoms with Crippen molar-refractivity contribution in [3.63, 3.8) is 0 Å². The van der Waals surface area contributed by atoms with Gasteiger partial charge in [-0.25, -0.2) is 5.43 Å². The number of rotatable bonds is 3. The minimum absolute atomic E-state index is 0.0645. The Bertz CT molecular complexity index is 663. The Morgan fingerprint density at radius 3 is 2.70 bits per heavy atom. The molecule has 0 fully saturated rings. The lowest BCUT2D eigenvalue weighted by Crippen LogP contribution is -2.16. The second kappa shape index (κ2) is 6.55. The van der Waals surface area contributed by atoms with Gasteiger partial charge in [0.2, 0.25) is 0 Å². The Balaban J connectivity index is 2.06. The van der Waals surface area contributed by atoms with Crippen LogP contribution in [0, 0.1) is 0 Å². The van der Waals surface area contributed by atoms with E-state index in [0.29, 0.717) is 14.7 Å². The van der Waals surface area contributed by atoms with Crippen LogP contribution in [0.25, 0.3) is 0 Å². The molecule has 0 atom stereocenters. The standard InChI is InChI=1S/C12H7Br3N2O3/c13-7-1-2-9(18)6(3-7)5-16-17-12(19)10-4-8(14)11(15)20-10/h1-5,18H,(H,17,19)/b16-5-. The van der Waals surface area contributed by atoms with Crippen molar-refractivity contribution < 1.29 is 14.3 Å². The Hall–Kier alpha value is -1.12. The van der Waals surface area contributed by atoms with Gasteiger partial charge in [0.05, 0.1) is 10.7 Å². The van der Waals surface area contributed by atoms with E-state index in [1.54, 1.807) is 12.1 Å². The van der Waals surface area contributed by atoms with Gasteiger partial charge in [-0.15, -0.1) is 0 Å². The number of phenolic OH excluding ortho intramolecular Hbond substituents is 1. The molecule has 1 amide bonds. The zero-order valence-corrected chi connectivity index (χ0v) is 14.5. The molecular formula is C12H7Br3N2O3. The minimum Gasteiger partial charge on any atom is -0.507 e. The third-order valence-corrected chi connectivity index (χ3v) is 4.43. The molecule has 0 aliphatic carbocycles. The summed E-state index contributed by atoms with van der Waals surface area (Å²) in [5.41, 5.74) is 2.78. The van der Waals surface area contributed by atoms with E-state index in [4.69, 9.17) is 4.42 Å². The van der Waals surface area contributed by atoms with Crippen molar-refractivity contribution in [1.82, 2.24) is 5.43 Å². The highest BCUT2D eigenvalue weighted by Gasteiger charge is 2.13. The molecule has 5 nitrogen and oxygen atoms in total. The molecule has 2 aromatic rings. The number of hydrogen-bond acceptors (Lipinski definition) is 4. The fraction of sp³-hybridized carbons (Fsp3) is 0. The molecule has 0 saturated carbocycles. The summed E-state index contributed by atoms with van der Waals surface area (Å²) in [6.07, 6.45) is 1.34. The number of hydrogen-bond donors (Lipinski definition) is 2. The van der Waals surface area contributed by atoms with E-state index in [1.807, 2.05) is 0 Å². The zero-order valence-electron chi connectivity index (χ0n) is 9.73. The second-order valence-electron chi connectivity index (χ2n) is 3.63. The monoisotopic (exact) mass is 464 g/mol. The van der Waals surface area contributed by atoms with Crippen LogP contribution in [-0.4, -0.2) is 17.2 Å². The molecule has 2 N–H and O–H groups in total. The number of nitrogens with zero attached hydrogens (tertiary/aromatic N) is 1. The van der Waals surface area contributed by atoms with Crippen molar-refractivity contribution in [1.29, 1.82) is 0 Å². The largest absolute Gasteiger partial charge is 0.507 e. The average Bonchev–Trinajstić information content (AvgIpc) is 2.74. The average molecular weight is 467 g/mol. The lowest BCUT2D eigenvalue weighted by Gasteiger charge is -1.99. The lowest BCUT2D eigenvalue weighted by atomic mass is 10.2. The first-order valence-corrected chi connectivity index (χ1v) is 7.62. The number of carbonyl (C=O) groups is 1. The van der Waals surface area contributed by atoms with Gasteiger partial charge in [0, 0.05) is 16.1 Å². The summed E-state index contributed by atoms with van der Waals surface area (Å²) >= 11 is 9.62. The number of carbonyl (C=O) groups excluding carboxylic acids is 1. The summed E-state index contributed by atoms with van der Waals surface area (Å²) in [4.78, 5) is 11.7. The van der Waals surface area contributed by atoms with Crippen LogP contribution in [0.15, 0.2) is 47.4 Å². The third kappa shape index (κ3) is 3.71. The fourth-order valence-electron chi connectivity index (χ4n) is 1.30. The number of benzene rings is 1. The molecular weight excluding hydrogens is 460 g/mol. The molecule has 0 radical (unpaired) electrons. The van der Waals surface area contributed by atoms with E-state index in [-0.39, 0.29) is 11.5 Å². The molecule has 0 aliphatic rings. The number of furan rings is 1. The van der Waals surface area contributed by atoms with Crippen molar-refractivity contribution in [3.8, 4) is 5.75 Å². The highest BCUT2D eigenvalue weighted by molar-refractivity contribution is 9.13. The van der Waals surface area contributed by atoms with Gasteiger partial charge in [0.25, 0.3) is 0 Å². The first-order chi connectivity index (χ1) is 9.47. The van der Waals surface area contributed by atoms with Gasteiger partial charge in [-0.2, -0.15) is 5.10 Å². The van der Waals surface area contributed by atoms with E-state index < -0.39 is 5.91 Å². The van der Waals surface area contributed by atoms with Crippen LogP contribution in [0.2, 0.25) is 0 Å². The van der Waals surface area contributed by atoms with Gasteiger partial charge >= 0.3 is 5.91 Å².